The highest BCUT2D eigenvalue weighted by atomic mass is 32.1. The van der Waals surface area contributed by atoms with Gasteiger partial charge in [-0.3, -0.25) is 19.3 Å². The van der Waals surface area contributed by atoms with Crippen LogP contribution in [0.1, 0.15) is 89.6 Å². The summed E-state index contributed by atoms with van der Waals surface area (Å²) >= 11 is 4.47. The van der Waals surface area contributed by atoms with E-state index in [1.165, 1.54) is 32.4 Å². The zero-order valence-corrected chi connectivity index (χ0v) is 30.4. The number of rotatable bonds is 8. The molecule has 278 valence electrons. The summed E-state index contributed by atoms with van der Waals surface area (Å²) in [5.74, 6) is -3.48. The molecule has 6 rings (SSSR count). The molecule has 2 aliphatic carbocycles. The Balaban J connectivity index is 1.43. The normalized spacial score (nSPS) is 31.0. The SMILES string of the molecule is COc1cccc2c1C(=O)c1c(O)c3c(c(O)c1C2=O)C[C@@](O)(C(=O)NCC(C)(C)S)C[C@@H]3O[C@H]1C[C@H](N2CCO[C@H](OC)[C@H]2O)[C@H](C)[C@H](C)O1. The van der Waals surface area contributed by atoms with E-state index < -0.39 is 88.2 Å². The van der Waals surface area contributed by atoms with Crippen LogP contribution >= 0.6 is 12.6 Å². The van der Waals surface area contributed by atoms with Crippen molar-refractivity contribution in [2.75, 3.05) is 33.9 Å². The molecule has 51 heavy (non-hydrogen) atoms. The van der Waals surface area contributed by atoms with Gasteiger partial charge in [-0.15, -0.1) is 0 Å². The molecule has 15 heteroatoms. The summed E-state index contributed by atoms with van der Waals surface area (Å²) in [4.78, 5) is 43.5. The lowest BCUT2D eigenvalue weighted by molar-refractivity contribution is -0.289. The standard InChI is InChI=1S/C36H46N2O12S/c1-16-17(2)49-23(12-20(16)38-10-11-48-33(47-6)32(38)43)50-22-14-36(45,34(44)37-15-35(3,4)51)13-19-25(22)31(42)27-26(29(19)40)28(39)18-8-7-9-21(46-5)24(18)30(27)41/h7-9,16-17,20,22-23,32-33,40,42-43,45,51H,10-15H2,1-6H3,(H,37,44)/t16-,17+,20+,22+,23+,32-,33+,36+/m1/s1. The van der Waals surface area contributed by atoms with Crippen molar-refractivity contribution in [3.8, 4) is 17.2 Å². The van der Waals surface area contributed by atoms with Crippen molar-refractivity contribution < 1.29 is 58.5 Å². The second-order valence-electron chi connectivity index (χ2n) is 14.5. The molecule has 8 atom stereocenters. The summed E-state index contributed by atoms with van der Waals surface area (Å²) in [6.45, 7) is 8.24. The molecule has 2 fully saturated rings. The van der Waals surface area contributed by atoms with Gasteiger partial charge in [-0.05, 0) is 32.8 Å². The Hall–Kier alpha value is -3.28. The van der Waals surface area contributed by atoms with Crippen molar-refractivity contribution in [1.29, 1.82) is 0 Å². The topological polar surface area (TPSA) is 194 Å². The predicted octanol–water partition coefficient (Wildman–Crippen LogP) is 2.20. The largest absolute Gasteiger partial charge is 0.507 e. The van der Waals surface area contributed by atoms with Gasteiger partial charge in [0.1, 0.15) is 22.8 Å². The van der Waals surface area contributed by atoms with Gasteiger partial charge < -0.3 is 49.4 Å². The second-order valence-corrected chi connectivity index (χ2v) is 15.7. The number of nitrogens with zero attached hydrogens (tertiary/aromatic N) is 1. The number of hydrogen-bond donors (Lipinski definition) is 6. The number of morpholine rings is 1. The minimum absolute atomic E-state index is 0.0279. The Morgan fingerprint density at radius 2 is 1.82 bits per heavy atom. The number of benzene rings is 2. The maximum Gasteiger partial charge on any atom is 0.252 e. The third-order valence-corrected chi connectivity index (χ3v) is 10.7. The second kappa shape index (κ2) is 13.9. The van der Waals surface area contributed by atoms with Crippen molar-refractivity contribution in [2.45, 2.75) is 94.4 Å². The number of carbonyl (C=O) groups excluding carboxylic acids is 3. The highest BCUT2D eigenvalue weighted by Gasteiger charge is 2.51. The lowest BCUT2D eigenvalue weighted by atomic mass is 9.72. The Morgan fingerprint density at radius 3 is 2.49 bits per heavy atom. The van der Waals surface area contributed by atoms with Crippen molar-refractivity contribution in [1.82, 2.24) is 10.2 Å². The van der Waals surface area contributed by atoms with Crippen LogP contribution in [0.15, 0.2) is 18.2 Å². The Labute approximate surface area is 301 Å². The number of phenolic OH excluding ortho intramolecular Hbond substituents is 2. The summed E-state index contributed by atoms with van der Waals surface area (Å²) in [7, 11) is 2.80. The maximum absolute atomic E-state index is 14.0. The highest BCUT2D eigenvalue weighted by molar-refractivity contribution is 7.81. The van der Waals surface area contributed by atoms with Gasteiger partial charge in [-0.2, -0.15) is 12.6 Å². The molecule has 0 unspecified atom stereocenters. The number of carbonyl (C=O) groups is 3. The van der Waals surface area contributed by atoms with E-state index in [-0.39, 0.29) is 59.0 Å². The van der Waals surface area contributed by atoms with Gasteiger partial charge in [0.25, 0.3) is 5.91 Å². The predicted molar refractivity (Wildman–Crippen MR) is 184 cm³/mol. The zero-order chi connectivity index (χ0) is 37.2. The van der Waals surface area contributed by atoms with Gasteiger partial charge in [0.05, 0.1) is 42.6 Å². The van der Waals surface area contributed by atoms with E-state index in [0.717, 1.165) is 0 Å². The van der Waals surface area contributed by atoms with Crippen LogP contribution in [0.3, 0.4) is 0 Å². The number of aromatic hydroxyl groups is 2. The molecule has 0 aromatic heterocycles. The fourth-order valence-corrected chi connectivity index (χ4v) is 7.80. The van der Waals surface area contributed by atoms with E-state index in [0.29, 0.717) is 13.2 Å². The molecule has 0 saturated carbocycles. The number of thiol groups is 1. The van der Waals surface area contributed by atoms with Gasteiger partial charge in [-0.1, -0.05) is 19.1 Å². The number of ketones is 2. The monoisotopic (exact) mass is 730 g/mol. The lowest BCUT2D eigenvalue weighted by Gasteiger charge is -2.49. The summed E-state index contributed by atoms with van der Waals surface area (Å²) < 4.78 is 28.5. The van der Waals surface area contributed by atoms with Crippen molar-refractivity contribution in [3.05, 3.63) is 51.6 Å². The smallest absolute Gasteiger partial charge is 0.252 e. The first kappa shape index (κ1) is 37.5. The number of hydrogen-bond acceptors (Lipinski definition) is 14. The Kier molecular flexibility index (Phi) is 10.2. The number of methoxy groups -OCH3 is 2. The summed E-state index contributed by atoms with van der Waals surface area (Å²) in [6.07, 6.45) is -5.29. The maximum atomic E-state index is 14.0. The quantitative estimate of drug-likeness (QED) is 0.146. The van der Waals surface area contributed by atoms with Crippen LogP contribution in [0.5, 0.6) is 17.2 Å². The van der Waals surface area contributed by atoms with Crippen LogP contribution in [0, 0.1) is 5.92 Å². The number of amides is 1. The molecule has 0 radical (unpaired) electrons. The molecule has 1 amide bonds. The third kappa shape index (κ3) is 6.63. The van der Waals surface area contributed by atoms with Crippen LogP contribution in [-0.4, -0.2) is 118 Å². The number of fused-ring (bicyclic) bond motifs is 3. The number of aliphatic hydroxyl groups excluding tert-OH is 1. The first-order valence-corrected chi connectivity index (χ1v) is 17.4. The molecule has 2 aliphatic heterocycles. The van der Waals surface area contributed by atoms with Gasteiger partial charge in [0.15, 0.2) is 24.6 Å². The molecule has 0 spiro atoms. The van der Waals surface area contributed by atoms with Crippen molar-refractivity contribution >= 4 is 30.1 Å². The molecular formula is C36H46N2O12S. The Morgan fingerprint density at radius 1 is 1.12 bits per heavy atom. The minimum Gasteiger partial charge on any atom is -0.507 e. The van der Waals surface area contributed by atoms with Gasteiger partial charge in [0.2, 0.25) is 5.78 Å². The molecule has 2 heterocycles. The zero-order valence-electron chi connectivity index (χ0n) is 29.5. The molecule has 2 saturated heterocycles. The van der Waals surface area contributed by atoms with E-state index in [4.69, 9.17) is 23.7 Å². The fraction of sp³-hybridized carbons (Fsp3) is 0.583. The average Bonchev–Trinajstić information content (AvgIpc) is 3.08. The van der Waals surface area contributed by atoms with Gasteiger partial charge in [0, 0.05) is 66.9 Å². The Bertz CT molecular complexity index is 1730. The summed E-state index contributed by atoms with van der Waals surface area (Å²) in [5.41, 5.74) is -3.31. The molecule has 14 nitrogen and oxygen atoms in total. The van der Waals surface area contributed by atoms with Gasteiger partial charge in [-0.25, -0.2) is 0 Å². The molecule has 2 aromatic carbocycles. The molecule has 2 aromatic rings. The van der Waals surface area contributed by atoms with Crippen molar-refractivity contribution in [2.24, 2.45) is 5.92 Å². The third-order valence-electron chi connectivity index (χ3n) is 10.5. The van der Waals surface area contributed by atoms with E-state index in [1.807, 2.05) is 18.7 Å². The summed E-state index contributed by atoms with van der Waals surface area (Å²) in [6, 6.07) is 4.18. The van der Waals surface area contributed by atoms with Crippen molar-refractivity contribution in [3.63, 3.8) is 0 Å². The first-order chi connectivity index (χ1) is 24.0. The average molecular weight is 731 g/mol. The summed E-state index contributed by atoms with van der Waals surface area (Å²) in [5, 5.41) is 49.5. The van der Waals surface area contributed by atoms with Crippen LogP contribution in [0.2, 0.25) is 0 Å². The first-order valence-electron chi connectivity index (χ1n) is 17.0. The van der Waals surface area contributed by atoms with Crippen LogP contribution in [0.25, 0.3) is 0 Å². The molecule has 5 N–H and O–H groups in total. The van der Waals surface area contributed by atoms with E-state index >= 15 is 0 Å². The number of phenols is 2. The number of ether oxygens (including phenoxy) is 5. The van der Waals surface area contributed by atoms with Crippen LogP contribution in [-0.2, 0) is 30.2 Å². The van der Waals surface area contributed by atoms with E-state index in [2.05, 4.69) is 17.9 Å². The minimum atomic E-state index is -2.18. The van der Waals surface area contributed by atoms with Crippen LogP contribution < -0.4 is 10.1 Å². The molecular weight excluding hydrogens is 684 g/mol. The van der Waals surface area contributed by atoms with E-state index in [9.17, 15) is 34.8 Å². The van der Waals surface area contributed by atoms with Crippen LogP contribution in [0.4, 0.5) is 0 Å². The molecule has 4 aliphatic rings. The van der Waals surface area contributed by atoms with Gasteiger partial charge >= 0.3 is 0 Å². The fourth-order valence-electron chi connectivity index (χ4n) is 7.72. The lowest BCUT2D eigenvalue weighted by Crippen LogP contribution is -2.61. The van der Waals surface area contributed by atoms with E-state index in [1.54, 1.807) is 13.8 Å². The number of nitrogens with one attached hydrogen (secondary N) is 1. The number of aliphatic hydroxyl groups is 2. The highest BCUT2D eigenvalue weighted by Crippen LogP contribution is 2.52. The molecule has 0 bridgehead atoms.